The summed E-state index contributed by atoms with van der Waals surface area (Å²) < 4.78 is 58.7. The van der Waals surface area contributed by atoms with Gasteiger partial charge in [-0.1, -0.05) is 0 Å². The van der Waals surface area contributed by atoms with Crippen LogP contribution in [-0.2, 0) is 9.59 Å². The van der Waals surface area contributed by atoms with Crippen LogP contribution in [0.2, 0.25) is 0 Å². The van der Waals surface area contributed by atoms with Crippen molar-refractivity contribution in [3.8, 4) is 11.3 Å². The van der Waals surface area contributed by atoms with Crippen molar-refractivity contribution in [1.82, 2.24) is 4.90 Å². The number of nitrogens with one attached hydrogen (secondary N) is 1. The van der Waals surface area contributed by atoms with E-state index in [0.717, 1.165) is 6.07 Å². The van der Waals surface area contributed by atoms with Crippen LogP contribution in [0.4, 0.5) is 28.0 Å². The van der Waals surface area contributed by atoms with E-state index in [-0.39, 0.29) is 10.7 Å². The van der Waals surface area contributed by atoms with Crippen LogP contribution in [-0.4, -0.2) is 28.5 Å². The van der Waals surface area contributed by atoms with Crippen molar-refractivity contribution in [2.45, 2.75) is 0 Å². The quantitative estimate of drug-likeness (QED) is 0.312. The molecule has 0 saturated carbocycles. The number of halogens is 4. The van der Waals surface area contributed by atoms with Gasteiger partial charge in [0.25, 0.3) is 11.1 Å². The number of thioether (sulfide) groups is 1. The summed E-state index contributed by atoms with van der Waals surface area (Å²) in [5, 5.41) is 1.24. The van der Waals surface area contributed by atoms with E-state index in [1.54, 1.807) is 12.1 Å². The molecule has 0 atom stereocenters. The predicted molar refractivity (Wildman–Crippen MR) is 112 cm³/mol. The monoisotopic (exact) mass is 476 g/mol. The molecule has 11 heteroatoms. The fraction of sp³-hybridized carbons (Fsp3) is 0.0455. The van der Waals surface area contributed by atoms with Gasteiger partial charge < -0.3 is 9.73 Å². The molecule has 1 fully saturated rings. The maximum Gasteiger partial charge on any atom is 0.294 e. The summed E-state index contributed by atoms with van der Waals surface area (Å²) in [6, 6.07) is 10.1. The van der Waals surface area contributed by atoms with E-state index in [1.807, 2.05) is 5.32 Å². The highest BCUT2D eigenvalue weighted by molar-refractivity contribution is 8.18. The molecule has 2 heterocycles. The Kier molecular flexibility index (Phi) is 6.05. The molecule has 0 radical (unpaired) electrons. The molecule has 168 valence electrons. The molecule has 6 nitrogen and oxygen atoms in total. The standard InChI is InChI=1S/C22H12F4N2O4S/c23-12-3-1-11(2-4-12)16-8-5-13(32-16)9-17-21(30)28(22(31)33-17)10-18(29)27-15-7-6-14(24)19(25)20(15)26/h1-9H,10H2,(H,27,29)/b17-9-. The van der Waals surface area contributed by atoms with Crippen LogP contribution in [0.5, 0.6) is 0 Å². The molecule has 3 aromatic rings. The van der Waals surface area contributed by atoms with Crippen molar-refractivity contribution in [2.24, 2.45) is 0 Å². The number of carbonyl (C=O) groups excluding carboxylic acids is 3. The molecular formula is C22H12F4N2O4S. The number of hydrogen-bond acceptors (Lipinski definition) is 5. The van der Waals surface area contributed by atoms with Crippen LogP contribution >= 0.6 is 11.8 Å². The summed E-state index contributed by atoms with van der Waals surface area (Å²) in [6.07, 6.45) is 1.31. The normalized spacial score (nSPS) is 14.9. The van der Waals surface area contributed by atoms with E-state index in [0.29, 0.717) is 34.1 Å². The van der Waals surface area contributed by atoms with E-state index >= 15 is 0 Å². The second kappa shape index (κ2) is 8.94. The molecule has 2 aromatic carbocycles. The first-order valence-electron chi connectivity index (χ1n) is 9.27. The average molecular weight is 476 g/mol. The van der Waals surface area contributed by atoms with Crippen LogP contribution in [0.1, 0.15) is 5.76 Å². The second-order valence-corrected chi connectivity index (χ2v) is 7.74. The Morgan fingerprint density at radius 1 is 0.970 bits per heavy atom. The third-order valence-corrected chi connectivity index (χ3v) is 5.42. The van der Waals surface area contributed by atoms with E-state index < -0.39 is 52.6 Å². The van der Waals surface area contributed by atoms with E-state index in [9.17, 15) is 31.9 Å². The minimum absolute atomic E-state index is 0.0215. The average Bonchev–Trinajstić information content (AvgIpc) is 3.35. The Hall–Kier alpha value is -3.86. The fourth-order valence-electron chi connectivity index (χ4n) is 2.92. The second-order valence-electron chi connectivity index (χ2n) is 6.75. The van der Waals surface area contributed by atoms with Gasteiger partial charge in [0.2, 0.25) is 5.91 Å². The van der Waals surface area contributed by atoms with Gasteiger partial charge in [-0.25, -0.2) is 17.6 Å². The Morgan fingerprint density at radius 3 is 2.42 bits per heavy atom. The maximum absolute atomic E-state index is 13.7. The Morgan fingerprint density at radius 2 is 1.70 bits per heavy atom. The number of nitrogens with zero attached hydrogens (tertiary/aromatic N) is 1. The van der Waals surface area contributed by atoms with E-state index in [4.69, 9.17) is 4.42 Å². The number of benzene rings is 2. The lowest BCUT2D eigenvalue weighted by Gasteiger charge is -2.13. The number of rotatable bonds is 5. The number of carbonyl (C=O) groups is 3. The lowest BCUT2D eigenvalue weighted by Crippen LogP contribution is -2.36. The van der Waals surface area contributed by atoms with E-state index in [1.165, 1.54) is 30.3 Å². The maximum atomic E-state index is 13.7. The van der Waals surface area contributed by atoms with Crippen molar-refractivity contribution >= 4 is 40.6 Å². The van der Waals surface area contributed by atoms with E-state index in [2.05, 4.69) is 0 Å². The Labute approximate surface area is 187 Å². The number of furan rings is 1. The molecule has 0 unspecified atom stereocenters. The summed E-state index contributed by atoms with van der Waals surface area (Å²) >= 11 is 0.565. The van der Waals surface area contributed by atoms with Crippen molar-refractivity contribution < 1.29 is 36.4 Å². The van der Waals surface area contributed by atoms with Gasteiger partial charge in [-0.2, -0.15) is 0 Å². The Bertz CT molecular complexity index is 1300. The largest absolute Gasteiger partial charge is 0.457 e. The first kappa shape index (κ1) is 22.3. The van der Waals surface area contributed by atoms with Crippen molar-refractivity contribution in [1.29, 1.82) is 0 Å². The van der Waals surface area contributed by atoms with Crippen LogP contribution in [0.25, 0.3) is 17.4 Å². The third-order valence-electron chi connectivity index (χ3n) is 4.51. The molecule has 0 bridgehead atoms. The van der Waals surface area contributed by atoms with Crippen LogP contribution in [0.3, 0.4) is 0 Å². The molecule has 1 aliphatic rings. The molecule has 1 saturated heterocycles. The van der Waals surface area contributed by atoms with Crippen LogP contribution < -0.4 is 5.32 Å². The number of anilines is 1. The summed E-state index contributed by atoms with van der Waals surface area (Å²) in [5.74, 6) is -6.32. The highest BCUT2D eigenvalue weighted by atomic mass is 32.2. The predicted octanol–water partition coefficient (Wildman–Crippen LogP) is 5.18. The van der Waals surface area contributed by atoms with Gasteiger partial charge in [-0.05, 0) is 60.3 Å². The topological polar surface area (TPSA) is 79.6 Å². The SMILES string of the molecule is O=C(CN1C(=O)S/C(=C\c2ccc(-c3ccc(F)cc3)o2)C1=O)Nc1ccc(F)c(F)c1F. The minimum Gasteiger partial charge on any atom is -0.457 e. The van der Waals surface area contributed by atoms with Crippen molar-refractivity contribution in [2.75, 3.05) is 11.9 Å². The molecule has 0 aliphatic carbocycles. The van der Waals surface area contributed by atoms with Gasteiger partial charge in [0.15, 0.2) is 17.5 Å². The molecule has 4 rings (SSSR count). The van der Waals surface area contributed by atoms with Gasteiger partial charge in [0, 0.05) is 11.6 Å². The fourth-order valence-corrected chi connectivity index (χ4v) is 3.74. The van der Waals surface area contributed by atoms with Gasteiger partial charge in [0.05, 0.1) is 10.6 Å². The highest BCUT2D eigenvalue weighted by Gasteiger charge is 2.36. The summed E-state index contributed by atoms with van der Waals surface area (Å²) in [5.41, 5.74) is -0.0318. The number of hydrogen-bond donors (Lipinski definition) is 1. The number of imide groups is 1. The molecule has 1 aliphatic heterocycles. The molecule has 0 spiro atoms. The zero-order valence-corrected chi connectivity index (χ0v) is 17.2. The van der Waals surface area contributed by atoms with Gasteiger partial charge >= 0.3 is 0 Å². The summed E-state index contributed by atoms with van der Waals surface area (Å²) in [4.78, 5) is 37.5. The molecule has 1 aromatic heterocycles. The molecule has 3 amide bonds. The lowest BCUT2D eigenvalue weighted by molar-refractivity contribution is -0.127. The van der Waals surface area contributed by atoms with Gasteiger partial charge in [0.1, 0.15) is 23.9 Å². The molecular weight excluding hydrogens is 464 g/mol. The van der Waals surface area contributed by atoms with Crippen LogP contribution in [0, 0.1) is 23.3 Å². The number of amides is 3. The summed E-state index contributed by atoms with van der Waals surface area (Å²) in [7, 11) is 0. The Balaban J connectivity index is 1.45. The third kappa shape index (κ3) is 4.67. The van der Waals surface area contributed by atoms with Gasteiger partial charge in [-0.15, -0.1) is 0 Å². The smallest absolute Gasteiger partial charge is 0.294 e. The molecule has 33 heavy (non-hydrogen) atoms. The van der Waals surface area contributed by atoms with Gasteiger partial charge in [-0.3, -0.25) is 19.3 Å². The lowest BCUT2D eigenvalue weighted by atomic mass is 10.2. The zero-order valence-electron chi connectivity index (χ0n) is 16.4. The molecule has 1 N–H and O–H groups in total. The van der Waals surface area contributed by atoms with Crippen molar-refractivity contribution in [3.63, 3.8) is 0 Å². The minimum atomic E-state index is -1.76. The van der Waals surface area contributed by atoms with Crippen LogP contribution in [0.15, 0.2) is 57.9 Å². The first-order valence-corrected chi connectivity index (χ1v) is 10.1. The highest BCUT2D eigenvalue weighted by Crippen LogP contribution is 2.33. The summed E-state index contributed by atoms with van der Waals surface area (Å²) in [6.45, 7) is -0.764. The van der Waals surface area contributed by atoms with Crippen molar-refractivity contribution in [3.05, 3.63) is 82.5 Å². The zero-order chi connectivity index (χ0) is 23.7. The first-order chi connectivity index (χ1) is 15.7.